The third-order valence-electron chi connectivity index (χ3n) is 3.56. The molecular formula is C12H13F3N2O4S. The molecule has 0 aliphatic carbocycles. The Hall–Kier alpha value is -1.68. The molecule has 1 saturated heterocycles. The molecule has 2 atom stereocenters. The van der Waals surface area contributed by atoms with Crippen molar-refractivity contribution < 1.29 is 31.5 Å². The van der Waals surface area contributed by atoms with Gasteiger partial charge in [-0.25, -0.2) is 13.4 Å². The van der Waals surface area contributed by atoms with Gasteiger partial charge < -0.3 is 5.11 Å². The van der Waals surface area contributed by atoms with Gasteiger partial charge in [0.1, 0.15) is 0 Å². The SMILES string of the molecule is C[C@@H]1CN(S(=O)(=O)c2ccc(C(F)(F)F)cn2)C[C@H]1C(=O)O. The Morgan fingerprint density at radius 3 is 2.41 bits per heavy atom. The second-order valence-corrected chi connectivity index (χ2v) is 7.01. The van der Waals surface area contributed by atoms with Crippen LogP contribution in [0.15, 0.2) is 23.4 Å². The molecule has 0 saturated carbocycles. The highest BCUT2D eigenvalue weighted by Gasteiger charge is 2.41. The molecule has 2 rings (SSSR count). The van der Waals surface area contributed by atoms with Crippen LogP contribution in [0.2, 0.25) is 0 Å². The first kappa shape index (κ1) is 16.7. The highest BCUT2D eigenvalue weighted by atomic mass is 32.2. The summed E-state index contributed by atoms with van der Waals surface area (Å²) in [5, 5.41) is 8.47. The van der Waals surface area contributed by atoms with Gasteiger partial charge in [-0.05, 0) is 18.1 Å². The molecule has 2 heterocycles. The third-order valence-corrected chi connectivity index (χ3v) is 5.31. The summed E-state index contributed by atoms with van der Waals surface area (Å²) in [4.78, 5) is 14.4. The summed E-state index contributed by atoms with van der Waals surface area (Å²) in [5.41, 5.74) is -1.05. The quantitative estimate of drug-likeness (QED) is 0.901. The Morgan fingerprint density at radius 2 is 2.00 bits per heavy atom. The van der Waals surface area contributed by atoms with Crippen LogP contribution in [0.5, 0.6) is 0 Å². The molecule has 0 spiro atoms. The summed E-state index contributed by atoms with van der Waals surface area (Å²) in [7, 11) is -4.11. The maximum atomic E-state index is 12.4. The number of carboxylic acids is 1. The molecule has 0 amide bonds. The van der Waals surface area contributed by atoms with Crippen LogP contribution >= 0.6 is 0 Å². The number of aliphatic carboxylic acids is 1. The maximum absolute atomic E-state index is 12.4. The average molecular weight is 338 g/mol. The monoisotopic (exact) mass is 338 g/mol. The Morgan fingerprint density at radius 1 is 1.36 bits per heavy atom. The number of sulfonamides is 1. The van der Waals surface area contributed by atoms with Crippen molar-refractivity contribution in [1.82, 2.24) is 9.29 Å². The van der Waals surface area contributed by atoms with Crippen LogP contribution in [0.3, 0.4) is 0 Å². The van der Waals surface area contributed by atoms with E-state index < -0.39 is 38.7 Å². The lowest BCUT2D eigenvalue weighted by atomic mass is 9.99. The summed E-state index contributed by atoms with van der Waals surface area (Å²) in [6, 6.07) is 1.41. The zero-order chi connectivity index (χ0) is 16.7. The Labute approximate surface area is 124 Å². The van der Waals surface area contributed by atoms with Crippen LogP contribution in [0.4, 0.5) is 13.2 Å². The van der Waals surface area contributed by atoms with E-state index in [0.717, 1.165) is 10.4 Å². The van der Waals surface area contributed by atoms with E-state index in [0.29, 0.717) is 12.3 Å². The van der Waals surface area contributed by atoms with E-state index in [1.54, 1.807) is 6.92 Å². The molecule has 10 heteroatoms. The number of alkyl halides is 3. The summed E-state index contributed by atoms with van der Waals surface area (Å²) in [6.07, 6.45) is -4.16. The van der Waals surface area contributed by atoms with Crippen molar-refractivity contribution in [2.45, 2.75) is 18.1 Å². The molecule has 1 aliphatic rings. The first-order chi connectivity index (χ1) is 10.0. The summed E-state index contributed by atoms with van der Waals surface area (Å²) >= 11 is 0. The number of halogens is 3. The minimum Gasteiger partial charge on any atom is -0.481 e. The van der Waals surface area contributed by atoms with Crippen molar-refractivity contribution in [3.63, 3.8) is 0 Å². The van der Waals surface area contributed by atoms with Gasteiger partial charge in [-0.3, -0.25) is 4.79 Å². The molecule has 0 unspecified atom stereocenters. The first-order valence-corrected chi connectivity index (χ1v) is 7.73. The van der Waals surface area contributed by atoms with Crippen LogP contribution < -0.4 is 0 Å². The van der Waals surface area contributed by atoms with E-state index in [1.807, 2.05) is 0 Å². The Balaban J connectivity index is 2.26. The van der Waals surface area contributed by atoms with Crippen molar-refractivity contribution in [3.05, 3.63) is 23.9 Å². The van der Waals surface area contributed by atoms with Gasteiger partial charge in [0, 0.05) is 19.3 Å². The largest absolute Gasteiger partial charge is 0.481 e. The predicted molar refractivity (Wildman–Crippen MR) is 68.3 cm³/mol. The lowest BCUT2D eigenvalue weighted by Gasteiger charge is -2.15. The fourth-order valence-electron chi connectivity index (χ4n) is 2.27. The van der Waals surface area contributed by atoms with Crippen molar-refractivity contribution in [2.24, 2.45) is 11.8 Å². The van der Waals surface area contributed by atoms with Gasteiger partial charge in [0.05, 0.1) is 11.5 Å². The molecule has 6 nitrogen and oxygen atoms in total. The molecule has 1 aliphatic heterocycles. The van der Waals surface area contributed by atoms with Crippen molar-refractivity contribution in [2.75, 3.05) is 13.1 Å². The summed E-state index contributed by atoms with van der Waals surface area (Å²) in [5.74, 6) is -2.34. The molecule has 122 valence electrons. The number of rotatable bonds is 3. The fraction of sp³-hybridized carbons (Fsp3) is 0.500. The lowest BCUT2D eigenvalue weighted by molar-refractivity contribution is -0.142. The smallest absolute Gasteiger partial charge is 0.417 e. The number of hydrogen-bond acceptors (Lipinski definition) is 4. The van der Waals surface area contributed by atoms with Crippen LogP contribution in [-0.2, 0) is 21.0 Å². The van der Waals surface area contributed by atoms with Gasteiger partial charge in [0.25, 0.3) is 10.0 Å². The van der Waals surface area contributed by atoms with Gasteiger partial charge in [-0.2, -0.15) is 17.5 Å². The van der Waals surface area contributed by atoms with Crippen LogP contribution in [0.1, 0.15) is 12.5 Å². The summed E-state index contributed by atoms with van der Waals surface area (Å²) in [6.45, 7) is 1.37. The van der Waals surface area contributed by atoms with Crippen molar-refractivity contribution in [3.8, 4) is 0 Å². The highest BCUT2D eigenvalue weighted by Crippen LogP contribution is 2.31. The number of hydrogen-bond donors (Lipinski definition) is 1. The molecule has 0 radical (unpaired) electrons. The molecule has 0 bridgehead atoms. The number of carboxylic acid groups (broad SMARTS) is 1. The topological polar surface area (TPSA) is 87.6 Å². The minimum atomic E-state index is -4.61. The zero-order valence-electron chi connectivity index (χ0n) is 11.4. The fourth-order valence-corrected chi connectivity index (χ4v) is 3.75. The lowest BCUT2D eigenvalue weighted by Crippen LogP contribution is -2.30. The minimum absolute atomic E-state index is 0.0119. The van der Waals surface area contributed by atoms with Gasteiger partial charge in [-0.1, -0.05) is 6.92 Å². The number of carbonyl (C=O) groups is 1. The van der Waals surface area contributed by atoms with Crippen LogP contribution in [0, 0.1) is 11.8 Å². The summed E-state index contributed by atoms with van der Waals surface area (Å²) < 4.78 is 62.9. The second kappa shape index (κ2) is 5.51. The molecule has 1 aromatic rings. The van der Waals surface area contributed by atoms with E-state index in [1.165, 1.54) is 0 Å². The zero-order valence-corrected chi connectivity index (χ0v) is 12.2. The van der Waals surface area contributed by atoms with Gasteiger partial charge in [-0.15, -0.1) is 0 Å². The van der Waals surface area contributed by atoms with E-state index in [4.69, 9.17) is 5.11 Å². The normalized spacial score (nSPS) is 23.6. The van der Waals surface area contributed by atoms with E-state index in [-0.39, 0.29) is 19.0 Å². The molecule has 1 aromatic heterocycles. The molecule has 1 N–H and O–H groups in total. The second-order valence-electron chi connectivity index (χ2n) is 5.13. The number of nitrogens with zero attached hydrogens (tertiary/aromatic N) is 2. The number of aromatic nitrogens is 1. The van der Waals surface area contributed by atoms with Gasteiger partial charge >= 0.3 is 12.1 Å². The van der Waals surface area contributed by atoms with E-state index in [2.05, 4.69) is 4.98 Å². The predicted octanol–water partition coefficient (Wildman–Crippen LogP) is 1.44. The van der Waals surface area contributed by atoms with Crippen molar-refractivity contribution >= 4 is 16.0 Å². The molecule has 1 fully saturated rings. The average Bonchev–Trinajstić information content (AvgIpc) is 2.81. The standard InChI is InChI=1S/C12H13F3N2O4S/c1-7-5-17(6-9(7)11(18)19)22(20,21)10-3-2-8(4-16-10)12(13,14)15/h2-4,7,9H,5-6H2,1H3,(H,18,19)/t7-,9-/m1/s1. The molecule has 0 aromatic carbocycles. The third kappa shape index (κ3) is 3.07. The van der Waals surface area contributed by atoms with E-state index in [9.17, 15) is 26.4 Å². The van der Waals surface area contributed by atoms with Crippen LogP contribution in [0.25, 0.3) is 0 Å². The molecule has 22 heavy (non-hydrogen) atoms. The van der Waals surface area contributed by atoms with Crippen LogP contribution in [-0.4, -0.2) is 41.9 Å². The van der Waals surface area contributed by atoms with E-state index >= 15 is 0 Å². The van der Waals surface area contributed by atoms with Gasteiger partial charge in [0.2, 0.25) is 0 Å². The molecular weight excluding hydrogens is 325 g/mol. The van der Waals surface area contributed by atoms with Crippen molar-refractivity contribution in [1.29, 1.82) is 0 Å². The first-order valence-electron chi connectivity index (χ1n) is 6.29. The maximum Gasteiger partial charge on any atom is 0.417 e. The Bertz CT molecular complexity index is 673. The highest BCUT2D eigenvalue weighted by molar-refractivity contribution is 7.89. The Kier molecular flexibility index (Phi) is 4.18. The number of pyridine rings is 1. The van der Waals surface area contributed by atoms with Gasteiger partial charge in [0.15, 0.2) is 5.03 Å².